The van der Waals surface area contributed by atoms with Crippen molar-refractivity contribution < 1.29 is 23.4 Å². The average Bonchev–Trinajstić information content (AvgIpc) is 2.80. The molecule has 31 heavy (non-hydrogen) atoms. The summed E-state index contributed by atoms with van der Waals surface area (Å²) in [6.07, 6.45) is 1.08. The van der Waals surface area contributed by atoms with E-state index >= 15 is 0 Å². The standard InChI is InChI=1S/C21H20FN5O4/c1-23-19(28)12-31-15-5-2-13(3-6-15)26-21-24-11-16(22)20(27-21)25-14-4-7-17-18(10-14)30-9-8-29-17/h2-7,10-11H,8-9,12H2,1H3,(H,23,28)(H2,24,25,26,27). The zero-order valence-electron chi connectivity index (χ0n) is 16.6. The number of amides is 1. The van der Waals surface area contributed by atoms with Gasteiger partial charge in [-0.2, -0.15) is 4.98 Å². The van der Waals surface area contributed by atoms with Gasteiger partial charge in [0.1, 0.15) is 19.0 Å². The fourth-order valence-corrected chi connectivity index (χ4v) is 2.76. The van der Waals surface area contributed by atoms with Crippen LogP contribution in [0.5, 0.6) is 17.2 Å². The Balaban J connectivity index is 1.43. The number of nitrogens with one attached hydrogen (secondary N) is 3. The van der Waals surface area contributed by atoms with Gasteiger partial charge in [0.2, 0.25) is 5.95 Å². The smallest absolute Gasteiger partial charge is 0.257 e. The molecular formula is C21H20FN5O4. The number of hydrogen-bond donors (Lipinski definition) is 3. The quantitative estimate of drug-likeness (QED) is 0.531. The number of carbonyl (C=O) groups is 1. The van der Waals surface area contributed by atoms with Crippen LogP contribution in [-0.4, -0.2) is 42.7 Å². The van der Waals surface area contributed by atoms with Gasteiger partial charge >= 0.3 is 0 Å². The van der Waals surface area contributed by atoms with E-state index < -0.39 is 5.82 Å². The number of fused-ring (bicyclic) bond motifs is 1. The lowest BCUT2D eigenvalue weighted by molar-refractivity contribution is -0.122. The van der Waals surface area contributed by atoms with Gasteiger partial charge < -0.3 is 30.2 Å². The van der Waals surface area contributed by atoms with Crippen molar-refractivity contribution in [3.05, 3.63) is 54.5 Å². The summed E-state index contributed by atoms with van der Waals surface area (Å²) < 4.78 is 30.6. The van der Waals surface area contributed by atoms with E-state index in [2.05, 4.69) is 25.9 Å². The van der Waals surface area contributed by atoms with Crippen molar-refractivity contribution in [2.45, 2.75) is 0 Å². The third kappa shape index (κ3) is 5.10. The van der Waals surface area contributed by atoms with Gasteiger partial charge in [-0.1, -0.05) is 0 Å². The number of halogens is 1. The van der Waals surface area contributed by atoms with Gasteiger partial charge in [-0.15, -0.1) is 0 Å². The lowest BCUT2D eigenvalue weighted by Crippen LogP contribution is -2.24. The van der Waals surface area contributed by atoms with E-state index in [4.69, 9.17) is 14.2 Å². The summed E-state index contributed by atoms with van der Waals surface area (Å²) >= 11 is 0. The molecule has 0 aliphatic carbocycles. The predicted octanol–water partition coefficient (Wildman–Crippen LogP) is 3.00. The molecule has 1 amide bonds. The Morgan fingerprint density at radius 3 is 2.58 bits per heavy atom. The Morgan fingerprint density at radius 2 is 1.81 bits per heavy atom. The van der Waals surface area contributed by atoms with E-state index in [1.807, 2.05) is 0 Å². The molecule has 0 atom stereocenters. The molecule has 3 N–H and O–H groups in total. The van der Waals surface area contributed by atoms with Crippen LogP contribution >= 0.6 is 0 Å². The number of ether oxygens (including phenoxy) is 3. The second-order valence-corrected chi connectivity index (χ2v) is 6.48. The molecule has 0 fully saturated rings. The maximum absolute atomic E-state index is 14.2. The van der Waals surface area contributed by atoms with Gasteiger partial charge in [0.05, 0.1) is 6.20 Å². The van der Waals surface area contributed by atoms with Crippen LogP contribution in [0.25, 0.3) is 0 Å². The second kappa shape index (κ2) is 9.16. The molecule has 9 nitrogen and oxygen atoms in total. The zero-order valence-corrected chi connectivity index (χ0v) is 16.6. The van der Waals surface area contributed by atoms with Crippen molar-refractivity contribution in [3.63, 3.8) is 0 Å². The highest BCUT2D eigenvalue weighted by Crippen LogP contribution is 2.33. The van der Waals surface area contributed by atoms with Crippen LogP contribution in [0.3, 0.4) is 0 Å². The number of hydrogen-bond acceptors (Lipinski definition) is 8. The van der Waals surface area contributed by atoms with Gasteiger partial charge in [0.15, 0.2) is 29.7 Å². The van der Waals surface area contributed by atoms with E-state index in [0.717, 1.165) is 6.20 Å². The Bertz CT molecular complexity index is 1080. The van der Waals surface area contributed by atoms with E-state index in [0.29, 0.717) is 41.8 Å². The van der Waals surface area contributed by atoms with E-state index in [-0.39, 0.29) is 24.3 Å². The largest absolute Gasteiger partial charge is 0.486 e. The number of rotatable bonds is 7. The minimum absolute atomic E-state index is 0.0136. The molecule has 1 aliphatic heterocycles. The van der Waals surface area contributed by atoms with Crippen molar-refractivity contribution in [2.75, 3.05) is 37.5 Å². The molecule has 0 unspecified atom stereocenters. The zero-order chi connectivity index (χ0) is 21.6. The van der Waals surface area contributed by atoms with Crippen LogP contribution in [-0.2, 0) is 4.79 Å². The molecule has 1 aromatic heterocycles. The molecule has 1 aliphatic rings. The highest BCUT2D eigenvalue weighted by molar-refractivity contribution is 5.77. The molecule has 0 spiro atoms. The van der Waals surface area contributed by atoms with Crippen molar-refractivity contribution in [3.8, 4) is 17.2 Å². The molecule has 0 saturated carbocycles. The summed E-state index contributed by atoms with van der Waals surface area (Å²) in [7, 11) is 1.54. The SMILES string of the molecule is CNC(=O)COc1ccc(Nc2ncc(F)c(Nc3ccc4c(c3)OCCO4)n2)cc1. The molecular weight excluding hydrogens is 405 g/mol. The van der Waals surface area contributed by atoms with Crippen molar-refractivity contribution in [2.24, 2.45) is 0 Å². The van der Waals surface area contributed by atoms with Crippen molar-refractivity contribution in [1.29, 1.82) is 0 Å². The summed E-state index contributed by atoms with van der Waals surface area (Å²) in [6, 6.07) is 12.1. The topological polar surface area (TPSA) is 107 Å². The van der Waals surface area contributed by atoms with Crippen LogP contribution in [0, 0.1) is 5.82 Å². The van der Waals surface area contributed by atoms with Crippen LogP contribution in [0.4, 0.5) is 27.5 Å². The summed E-state index contributed by atoms with van der Waals surface area (Å²) in [4.78, 5) is 19.4. The van der Waals surface area contributed by atoms with Crippen molar-refractivity contribution >= 4 is 29.0 Å². The maximum Gasteiger partial charge on any atom is 0.257 e. The van der Waals surface area contributed by atoms with Crippen molar-refractivity contribution in [1.82, 2.24) is 15.3 Å². The number of anilines is 4. The number of benzene rings is 2. The Morgan fingerprint density at radius 1 is 1.06 bits per heavy atom. The molecule has 10 heteroatoms. The first kappa shape index (κ1) is 20.2. The Kier molecular flexibility index (Phi) is 5.97. The average molecular weight is 425 g/mol. The minimum atomic E-state index is -0.599. The Labute approximate surface area is 177 Å². The first-order chi connectivity index (χ1) is 15.1. The molecule has 2 aromatic carbocycles. The number of aromatic nitrogens is 2. The van der Waals surface area contributed by atoms with Crippen LogP contribution in [0.2, 0.25) is 0 Å². The first-order valence-electron chi connectivity index (χ1n) is 9.50. The van der Waals surface area contributed by atoms with Crippen LogP contribution < -0.4 is 30.2 Å². The second-order valence-electron chi connectivity index (χ2n) is 6.48. The lowest BCUT2D eigenvalue weighted by atomic mass is 10.2. The van der Waals surface area contributed by atoms with Gasteiger partial charge in [-0.3, -0.25) is 4.79 Å². The fourth-order valence-electron chi connectivity index (χ4n) is 2.76. The number of carbonyl (C=O) groups excluding carboxylic acids is 1. The number of likely N-dealkylation sites (N-methyl/N-ethyl adjacent to an activating group) is 1. The third-order valence-electron chi connectivity index (χ3n) is 4.31. The summed E-state index contributed by atoms with van der Waals surface area (Å²) in [5.74, 6) is 1.17. The summed E-state index contributed by atoms with van der Waals surface area (Å²) in [5.41, 5.74) is 1.27. The summed E-state index contributed by atoms with van der Waals surface area (Å²) in [5, 5.41) is 8.41. The molecule has 0 saturated heterocycles. The third-order valence-corrected chi connectivity index (χ3v) is 4.31. The highest BCUT2D eigenvalue weighted by atomic mass is 19.1. The highest BCUT2D eigenvalue weighted by Gasteiger charge is 2.14. The lowest BCUT2D eigenvalue weighted by Gasteiger charge is -2.19. The maximum atomic E-state index is 14.2. The van der Waals surface area contributed by atoms with Gasteiger partial charge in [0, 0.05) is 24.5 Å². The molecule has 2 heterocycles. The molecule has 3 aromatic rings. The van der Waals surface area contributed by atoms with Crippen LogP contribution in [0.15, 0.2) is 48.7 Å². The van der Waals surface area contributed by atoms with Gasteiger partial charge in [0.25, 0.3) is 5.91 Å². The molecule has 0 radical (unpaired) electrons. The monoisotopic (exact) mass is 425 g/mol. The normalized spacial score (nSPS) is 12.1. The molecule has 4 rings (SSSR count). The molecule has 160 valence electrons. The van der Waals surface area contributed by atoms with E-state index in [9.17, 15) is 9.18 Å². The number of nitrogens with zero attached hydrogens (tertiary/aromatic N) is 2. The summed E-state index contributed by atoms with van der Waals surface area (Å²) in [6.45, 7) is 0.887. The van der Waals surface area contributed by atoms with E-state index in [1.165, 1.54) is 7.05 Å². The predicted molar refractivity (Wildman–Crippen MR) is 112 cm³/mol. The van der Waals surface area contributed by atoms with Crippen LogP contribution in [0.1, 0.15) is 0 Å². The Hall–Kier alpha value is -4.08. The van der Waals surface area contributed by atoms with Gasteiger partial charge in [-0.25, -0.2) is 9.37 Å². The first-order valence-corrected chi connectivity index (χ1v) is 9.50. The van der Waals surface area contributed by atoms with Gasteiger partial charge in [-0.05, 0) is 36.4 Å². The fraction of sp³-hybridized carbons (Fsp3) is 0.190. The minimum Gasteiger partial charge on any atom is -0.486 e. The van der Waals surface area contributed by atoms with E-state index in [1.54, 1.807) is 42.5 Å². The molecule has 0 bridgehead atoms.